The Morgan fingerprint density at radius 3 is 2.80 bits per heavy atom. The molecule has 3 heteroatoms. The first-order valence-corrected chi connectivity index (χ1v) is 5.63. The van der Waals surface area contributed by atoms with Crippen LogP contribution in [0, 0.1) is 6.92 Å². The number of aryl methyl sites for hydroxylation is 1. The molecule has 0 bridgehead atoms. The molecular weight excluding hydrogens is 210 g/mol. The molecule has 1 aliphatic rings. The van der Waals surface area contributed by atoms with Gasteiger partial charge in [-0.05, 0) is 37.5 Å². The van der Waals surface area contributed by atoms with Gasteiger partial charge in [-0.1, -0.05) is 17.7 Å². The van der Waals surface area contributed by atoms with Crippen LogP contribution >= 0.6 is 11.6 Å². The average molecular weight is 224 g/mol. The van der Waals surface area contributed by atoms with Gasteiger partial charge in [-0.15, -0.1) is 0 Å². The van der Waals surface area contributed by atoms with E-state index in [-0.39, 0.29) is 5.91 Å². The zero-order valence-corrected chi connectivity index (χ0v) is 9.55. The average Bonchev–Trinajstić information content (AvgIpc) is 2.23. The zero-order chi connectivity index (χ0) is 10.8. The van der Waals surface area contributed by atoms with Crippen LogP contribution < -0.4 is 4.90 Å². The van der Waals surface area contributed by atoms with E-state index in [9.17, 15) is 4.79 Å². The predicted octanol–water partition coefficient (Wildman–Crippen LogP) is 3.17. The Morgan fingerprint density at radius 2 is 2.13 bits per heavy atom. The fourth-order valence-electron chi connectivity index (χ4n) is 1.83. The Kier molecular flexibility index (Phi) is 2.96. The van der Waals surface area contributed by atoms with Crippen molar-refractivity contribution in [1.29, 1.82) is 0 Å². The van der Waals surface area contributed by atoms with Crippen molar-refractivity contribution >= 4 is 23.2 Å². The number of rotatable bonds is 1. The highest BCUT2D eigenvalue weighted by molar-refractivity contribution is 6.31. The predicted molar refractivity (Wildman–Crippen MR) is 62.4 cm³/mol. The normalized spacial score (nSPS) is 16.9. The summed E-state index contributed by atoms with van der Waals surface area (Å²) in [5, 5.41) is 0.728. The van der Waals surface area contributed by atoms with E-state index in [0.29, 0.717) is 6.42 Å². The Bertz CT molecular complexity index is 389. The van der Waals surface area contributed by atoms with Crippen molar-refractivity contribution in [3.63, 3.8) is 0 Å². The second-order valence-corrected chi connectivity index (χ2v) is 4.34. The number of hydrogen-bond acceptors (Lipinski definition) is 1. The first-order valence-electron chi connectivity index (χ1n) is 5.25. The van der Waals surface area contributed by atoms with Crippen LogP contribution in [0.25, 0.3) is 0 Å². The molecule has 1 aromatic carbocycles. The standard InChI is InChI=1S/C12H14ClNO/c1-9-5-6-10(8-11(9)13)14-7-3-2-4-12(14)15/h5-6,8H,2-4,7H2,1H3. The largest absolute Gasteiger partial charge is 0.312 e. The lowest BCUT2D eigenvalue weighted by atomic mass is 10.1. The summed E-state index contributed by atoms with van der Waals surface area (Å²) in [5.41, 5.74) is 1.97. The third-order valence-corrected chi connectivity index (χ3v) is 3.20. The molecule has 1 fully saturated rings. The summed E-state index contributed by atoms with van der Waals surface area (Å²) in [5.74, 6) is 0.209. The zero-order valence-electron chi connectivity index (χ0n) is 8.79. The summed E-state index contributed by atoms with van der Waals surface area (Å²) < 4.78 is 0. The van der Waals surface area contributed by atoms with Crippen LogP contribution in [0.1, 0.15) is 24.8 Å². The van der Waals surface area contributed by atoms with Crippen molar-refractivity contribution in [2.45, 2.75) is 26.2 Å². The third kappa shape index (κ3) is 2.15. The van der Waals surface area contributed by atoms with E-state index in [2.05, 4.69) is 0 Å². The fraction of sp³-hybridized carbons (Fsp3) is 0.417. The van der Waals surface area contributed by atoms with Crippen LogP contribution in [0.2, 0.25) is 5.02 Å². The topological polar surface area (TPSA) is 20.3 Å². The van der Waals surface area contributed by atoms with Crippen LogP contribution in [0.3, 0.4) is 0 Å². The van der Waals surface area contributed by atoms with Crippen LogP contribution in [0.4, 0.5) is 5.69 Å². The van der Waals surface area contributed by atoms with Gasteiger partial charge in [-0.25, -0.2) is 0 Å². The molecule has 1 aromatic rings. The molecule has 1 heterocycles. The Balaban J connectivity index is 2.28. The van der Waals surface area contributed by atoms with Crippen LogP contribution in [-0.4, -0.2) is 12.5 Å². The van der Waals surface area contributed by atoms with E-state index in [4.69, 9.17) is 11.6 Å². The number of anilines is 1. The molecule has 2 rings (SSSR count). The molecule has 0 unspecified atom stereocenters. The van der Waals surface area contributed by atoms with E-state index >= 15 is 0 Å². The number of carbonyl (C=O) groups is 1. The van der Waals surface area contributed by atoms with E-state index in [1.165, 1.54) is 0 Å². The minimum atomic E-state index is 0.209. The molecule has 0 aromatic heterocycles. The monoisotopic (exact) mass is 223 g/mol. The van der Waals surface area contributed by atoms with Gasteiger partial charge in [0.15, 0.2) is 0 Å². The quantitative estimate of drug-likeness (QED) is 0.716. The molecule has 0 saturated carbocycles. The van der Waals surface area contributed by atoms with Crippen LogP contribution in [0.5, 0.6) is 0 Å². The molecule has 0 aliphatic carbocycles. The lowest BCUT2D eigenvalue weighted by molar-refractivity contribution is -0.119. The highest BCUT2D eigenvalue weighted by Gasteiger charge is 2.19. The first kappa shape index (κ1) is 10.5. The molecule has 0 radical (unpaired) electrons. The molecule has 15 heavy (non-hydrogen) atoms. The van der Waals surface area contributed by atoms with Gasteiger partial charge >= 0.3 is 0 Å². The van der Waals surface area contributed by atoms with Crippen LogP contribution in [0.15, 0.2) is 18.2 Å². The van der Waals surface area contributed by atoms with E-state index in [0.717, 1.165) is 35.7 Å². The smallest absolute Gasteiger partial charge is 0.226 e. The molecule has 0 atom stereocenters. The highest BCUT2D eigenvalue weighted by Crippen LogP contribution is 2.25. The van der Waals surface area contributed by atoms with E-state index in [1.807, 2.05) is 30.0 Å². The number of benzene rings is 1. The number of piperidine rings is 1. The van der Waals surface area contributed by atoms with Crippen molar-refractivity contribution in [3.8, 4) is 0 Å². The molecule has 1 amide bonds. The van der Waals surface area contributed by atoms with Gasteiger partial charge in [0.1, 0.15) is 0 Å². The molecule has 1 aliphatic heterocycles. The summed E-state index contributed by atoms with van der Waals surface area (Å²) in [6.07, 6.45) is 2.75. The maximum atomic E-state index is 11.7. The van der Waals surface area contributed by atoms with Crippen molar-refractivity contribution in [3.05, 3.63) is 28.8 Å². The Hall–Kier alpha value is -1.02. The maximum Gasteiger partial charge on any atom is 0.226 e. The van der Waals surface area contributed by atoms with Gasteiger partial charge in [0.2, 0.25) is 5.91 Å². The maximum absolute atomic E-state index is 11.7. The van der Waals surface area contributed by atoms with Gasteiger partial charge in [-0.2, -0.15) is 0 Å². The SMILES string of the molecule is Cc1ccc(N2CCCCC2=O)cc1Cl. The summed E-state index contributed by atoms with van der Waals surface area (Å²) >= 11 is 6.04. The highest BCUT2D eigenvalue weighted by atomic mass is 35.5. The van der Waals surface area contributed by atoms with Crippen molar-refractivity contribution in [1.82, 2.24) is 0 Å². The molecule has 1 saturated heterocycles. The van der Waals surface area contributed by atoms with Gasteiger partial charge in [0.25, 0.3) is 0 Å². The molecule has 0 N–H and O–H groups in total. The second-order valence-electron chi connectivity index (χ2n) is 3.94. The molecular formula is C12H14ClNO. The van der Waals surface area contributed by atoms with Gasteiger partial charge in [-0.3, -0.25) is 4.79 Å². The molecule has 0 spiro atoms. The second kappa shape index (κ2) is 4.23. The van der Waals surface area contributed by atoms with Crippen molar-refractivity contribution in [2.75, 3.05) is 11.4 Å². The van der Waals surface area contributed by atoms with Crippen molar-refractivity contribution < 1.29 is 4.79 Å². The number of carbonyl (C=O) groups excluding carboxylic acids is 1. The lowest BCUT2D eigenvalue weighted by Crippen LogP contribution is -2.35. The number of halogens is 1. The fourth-order valence-corrected chi connectivity index (χ4v) is 2.00. The minimum absolute atomic E-state index is 0.209. The van der Waals surface area contributed by atoms with Crippen molar-refractivity contribution in [2.24, 2.45) is 0 Å². The van der Waals surface area contributed by atoms with Crippen LogP contribution in [-0.2, 0) is 4.79 Å². The number of nitrogens with zero attached hydrogens (tertiary/aromatic N) is 1. The summed E-state index contributed by atoms with van der Waals surface area (Å²) in [6, 6.07) is 5.80. The van der Waals surface area contributed by atoms with E-state index < -0.39 is 0 Å². The summed E-state index contributed by atoms with van der Waals surface area (Å²) in [7, 11) is 0. The van der Waals surface area contributed by atoms with Gasteiger partial charge in [0.05, 0.1) is 0 Å². The number of hydrogen-bond donors (Lipinski definition) is 0. The van der Waals surface area contributed by atoms with E-state index in [1.54, 1.807) is 0 Å². The molecule has 80 valence electrons. The Labute approximate surface area is 94.8 Å². The third-order valence-electron chi connectivity index (χ3n) is 2.79. The summed E-state index contributed by atoms with van der Waals surface area (Å²) in [6.45, 7) is 2.78. The molecule has 2 nitrogen and oxygen atoms in total. The number of amides is 1. The van der Waals surface area contributed by atoms with Gasteiger partial charge in [0, 0.05) is 23.7 Å². The summed E-state index contributed by atoms with van der Waals surface area (Å²) in [4.78, 5) is 13.5. The minimum Gasteiger partial charge on any atom is -0.312 e. The van der Waals surface area contributed by atoms with Gasteiger partial charge < -0.3 is 4.90 Å². The Morgan fingerprint density at radius 1 is 1.33 bits per heavy atom. The lowest BCUT2D eigenvalue weighted by Gasteiger charge is -2.27. The first-order chi connectivity index (χ1) is 7.18.